The monoisotopic (exact) mass is 280 g/mol. The molecular weight excluding hydrogens is 256 g/mol. The van der Waals surface area contributed by atoms with E-state index < -0.39 is 0 Å². The Morgan fingerprint density at radius 1 is 0.905 bits per heavy atom. The fraction of sp³-hybridized carbons (Fsp3) is 0.400. The van der Waals surface area contributed by atoms with E-state index in [0.29, 0.717) is 5.92 Å². The van der Waals surface area contributed by atoms with Gasteiger partial charge in [-0.15, -0.1) is 0 Å². The lowest BCUT2D eigenvalue weighted by Crippen LogP contribution is -2.14. The van der Waals surface area contributed by atoms with Gasteiger partial charge in [-0.3, -0.25) is 0 Å². The van der Waals surface area contributed by atoms with Crippen molar-refractivity contribution in [1.29, 1.82) is 0 Å². The van der Waals surface area contributed by atoms with E-state index in [9.17, 15) is 5.11 Å². The van der Waals surface area contributed by atoms with E-state index in [4.69, 9.17) is 0 Å². The molecule has 0 fully saturated rings. The van der Waals surface area contributed by atoms with Gasteiger partial charge in [0, 0.05) is 0 Å². The van der Waals surface area contributed by atoms with Crippen molar-refractivity contribution in [3.05, 3.63) is 70.8 Å². The predicted molar refractivity (Wildman–Crippen MR) is 87.4 cm³/mol. The van der Waals surface area contributed by atoms with Crippen LogP contribution in [0.1, 0.15) is 49.1 Å². The van der Waals surface area contributed by atoms with Crippen molar-refractivity contribution >= 4 is 0 Å². The zero-order valence-electron chi connectivity index (χ0n) is 13.1. The van der Waals surface area contributed by atoms with Crippen molar-refractivity contribution in [2.24, 2.45) is 5.92 Å². The van der Waals surface area contributed by atoms with E-state index in [1.165, 1.54) is 16.7 Å². The van der Waals surface area contributed by atoms with Gasteiger partial charge in [-0.2, -0.15) is 0 Å². The minimum absolute atomic E-state index is 0.160. The minimum Gasteiger partial charge on any atom is -0.388 e. The maximum Gasteiger partial charge on any atom is 0.0824 e. The Bertz CT molecular complexity index is 594. The van der Waals surface area contributed by atoms with Crippen LogP contribution >= 0.6 is 0 Å². The molecule has 0 saturated carbocycles. The summed E-state index contributed by atoms with van der Waals surface area (Å²) in [5.41, 5.74) is 5.31. The highest BCUT2D eigenvalue weighted by Crippen LogP contribution is 2.35. The number of hydrogen-bond donors (Lipinski definition) is 1. The SMILES string of the molecule is CC(C)(C)c1ccc(C(O)C2Cc3ccccc3C2)cc1. The summed E-state index contributed by atoms with van der Waals surface area (Å²) in [7, 11) is 0. The molecule has 0 aliphatic heterocycles. The van der Waals surface area contributed by atoms with Crippen LogP contribution in [0.5, 0.6) is 0 Å². The lowest BCUT2D eigenvalue weighted by molar-refractivity contribution is 0.113. The molecule has 0 spiro atoms. The predicted octanol–water partition coefficient (Wildman–Crippen LogP) is 4.43. The fourth-order valence-corrected chi connectivity index (χ4v) is 3.27. The maximum atomic E-state index is 10.7. The van der Waals surface area contributed by atoms with Crippen LogP contribution in [0, 0.1) is 5.92 Å². The molecule has 1 nitrogen and oxygen atoms in total. The molecule has 1 unspecified atom stereocenters. The molecule has 0 aromatic heterocycles. The Morgan fingerprint density at radius 3 is 1.90 bits per heavy atom. The number of fused-ring (bicyclic) bond motifs is 1. The summed E-state index contributed by atoms with van der Waals surface area (Å²) in [6, 6.07) is 17.0. The zero-order valence-corrected chi connectivity index (χ0v) is 13.1. The Balaban J connectivity index is 1.76. The van der Waals surface area contributed by atoms with E-state index >= 15 is 0 Å². The van der Waals surface area contributed by atoms with Gasteiger partial charge in [-0.1, -0.05) is 69.3 Å². The average molecular weight is 280 g/mol. The van der Waals surface area contributed by atoms with Gasteiger partial charge in [-0.25, -0.2) is 0 Å². The Kier molecular flexibility index (Phi) is 3.62. The van der Waals surface area contributed by atoms with Crippen LogP contribution in [0.15, 0.2) is 48.5 Å². The highest BCUT2D eigenvalue weighted by atomic mass is 16.3. The van der Waals surface area contributed by atoms with Gasteiger partial charge in [0.25, 0.3) is 0 Å². The summed E-state index contributed by atoms with van der Waals surface area (Å²) >= 11 is 0. The topological polar surface area (TPSA) is 20.2 Å². The normalized spacial score (nSPS) is 16.8. The molecule has 2 aromatic rings. The van der Waals surface area contributed by atoms with Crippen LogP contribution in [0.3, 0.4) is 0 Å². The summed E-state index contributed by atoms with van der Waals surface area (Å²) < 4.78 is 0. The third-order valence-corrected chi connectivity index (χ3v) is 4.65. The van der Waals surface area contributed by atoms with Crippen LogP contribution in [-0.4, -0.2) is 5.11 Å². The van der Waals surface area contributed by atoms with Gasteiger partial charge in [0.15, 0.2) is 0 Å². The number of benzene rings is 2. The van der Waals surface area contributed by atoms with Crippen LogP contribution in [0.4, 0.5) is 0 Å². The number of rotatable bonds is 2. The zero-order chi connectivity index (χ0) is 15.0. The molecule has 1 heteroatoms. The quantitative estimate of drug-likeness (QED) is 0.862. The highest BCUT2D eigenvalue weighted by Gasteiger charge is 2.28. The fourth-order valence-electron chi connectivity index (χ4n) is 3.27. The van der Waals surface area contributed by atoms with Crippen molar-refractivity contribution in [2.75, 3.05) is 0 Å². The van der Waals surface area contributed by atoms with Crippen LogP contribution in [0.2, 0.25) is 0 Å². The van der Waals surface area contributed by atoms with E-state index in [1.807, 2.05) is 0 Å². The lowest BCUT2D eigenvalue weighted by Gasteiger charge is -2.22. The minimum atomic E-state index is -0.369. The largest absolute Gasteiger partial charge is 0.388 e. The summed E-state index contributed by atoms with van der Waals surface area (Å²) in [6.45, 7) is 6.64. The molecule has 1 aliphatic rings. The maximum absolute atomic E-state index is 10.7. The summed E-state index contributed by atoms with van der Waals surface area (Å²) in [5, 5.41) is 10.7. The first-order chi connectivity index (χ1) is 9.95. The summed E-state index contributed by atoms with van der Waals surface area (Å²) in [6.07, 6.45) is 1.60. The van der Waals surface area contributed by atoms with Gasteiger partial charge in [0.1, 0.15) is 0 Å². The van der Waals surface area contributed by atoms with Crippen molar-refractivity contribution in [3.8, 4) is 0 Å². The van der Waals surface area contributed by atoms with Gasteiger partial charge in [0.2, 0.25) is 0 Å². The molecule has 0 amide bonds. The molecule has 21 heavy (non-hydrogen) atoms. The van der Waals surface area contributed by atoms with Gasteiger partial charge in [0.05, 0.1) is 6.10 Å². The number of hydrogen-bond acceptors (Lipinski definition) is 1. The standard InChI is InChI=1S/C20H24O/c1-20(2,3)18-10-8-14(9-11-18)19(21)17-12-15-6-4-5-7-16(15)13-17/h4-11,17,19,21H,12-13H2,1-3H3. The van der Waals surface area contributed by atoms with E-state index in [0.717, 1.165) is 18.4 Å². The van der Waals surface area contributed by atoms with E-state index in [1.54, 1.807) is 0 Å². The Morgan fingerprint density at radius 2 is 1.43 bits per heavy atom. The number of aliphatic hydroxyl groups is 1. The third-order valence-electron chi connectivity index (χ3n) is 4.65. The molecular formula is C20H24O. The van der Waals surface area contributed by atoms with Gasteiger partial charge < -0.3 is 5.11 Å². The molecule has 2 aromatic carbocycles. The number of aliphatic hydroxyl groups excluding tert-OH is 1. The van der Waals surface area contributed by atoms with Crippen molar-refractivity contribution < 1.29 is 5.11 Å². The van der Waals surface area contributed by atoms with Crippen LogP contribution in [0.25, 0.3) is 0 Å². The smallest absolute Gasteiger partial charge is 0.0824 e. The molecule has 110 valence electrons. The molecule has 0 saturated heterocycles. The summed E-state index contributed by atoms with van der Waals surface area (Å²) in [4.78, 5) is 0. The molecule has 0 bridgehead atoms. The first-order valence-electron chi connectivity index (χ1n) is 7.80. The Hall–Kier alpha value is -1.60. The first-order valence-corrected chi connectivity index (χ1v) is 7.80. The molecule has 1 N–H and O–H groups in total. The Labute approximate surface area is 127 Å². The molecule has 0 heterocycles. The highest BCUT2D eigenvalue weighted by molar-refractivity contribution is 5.34. The third kappa shape index (κ3) is 2.89. The molecule has 1 atom stereocenters. The van der Waals surface area contributed by atoms with E-state index in [-0.39, 0.29) is 11.5 Å². The molecule has 3 rings (SSSR count). The van der Waals surface area contributed by atoms with Crippen molar-refractivity contribution in [2.45, 2.75) is 45.1 Å². The second kappa shape index (κ2) is 5.31. The van der Waals surface area contributed by atoms with Gasteiger partial charge >= 0.3 is 0 Å². The van der Waals surface area contributed by atoms with Gasteiger partial charge in [-0.05, 0) is 46.4 Å². The second-order valence-corrected chi connectivity index (χ2v) is 7.25. The van der Waals surface area contributed by atoms with Crippen LogP contribution in [-0.2, 0) is 18.3 Å². The molecule has 1 aliphatic carbocycles. The summed E-state index contributed by atoms with van der Waals surface area (Å²) in [5.74, 6) is 0.308. The van der Waals surface area contributed by atoms with E-state index in [2.05, 4.69) is 69.3 Å². The van der Waals surface area contributed by atoms with Crippen LogP contribution < -0.4 is 0 Å². The first kappa shape index (κ1) is 14.3. The molecule has 0 radical (unpaired) electrons. The lowest BCUT2D eigenvalue weighted by atomic mass is 9.85. The second-order valence-electron chi connectivity index (χ2n) is 7.25. The van der Waals surface area contributed by atoms with Crippen molar-refractivity contribution in [3.63, 3.8) is 0 Å². The average Bonchev–Trinajstić information content (AvgIpc) is 2.89. The van der Waals surface area contributed by atoms with Crippen molar-refractivity contribution in [1.82, 2.24) is 0 Å².